The SMILES string of the molecule is COc1ccc(C(C)=O)c(OCc2cscn2)c1. The number of nitrogens with zero attached hydrogens (tertiary/aromatic N) is 1. The average Bonchev–Trinajstić information content (AvgIpc) is 2.88. The quantitative estimate of drug-likeness (QED) is 0.778. The molecule has 5 heteroatoms. The highest BCUT2D eigenvalue weighted by molar-refractivity contribution is 7.07. The van der Waals surface area contributed by atoms with Crippen molar-refractivity contribution in [3.63, 3.8) is 0 Å². The number of aromatic nitrogens is 1. The third-order valence-corrected chi connectivity index (χ3v) is 3.06. The summed E-state index contributed by atoms with van der Waals surface area (Å²) < 4.78 is 10.8. The second kappa shape index (κ2) is 5.64. The molecule has 0 N–H and O–H groups in total. The van der Waals surface area contributed by atoms with Gasteiger partial charge in [0, 0.05) is 11.4 Å². The lowest BCUT2D eigenvalue weighted by molar-refractivity contribution is 0.101. The standard InChI is InChI=1S/C13H13NO3S/c1-9(15)12-4-3-11(16-2)5-13(12)17-6-10-7-18-8-14-10/h3-5,7-8H,6H2,1-2H3. The van der Waals surface area contributed by atoms with Gasteiger partial charge in [0.1, 0.15) is 18.1 Å². The van der Waals surface area contributed by atoms with Crippen molar-refractivity contribution < 1.29 is 14.3 Å². The molecule has 0 amide bonds. The van der Waals surface area contributed by atoms with Gasteiger partial charge in [-0.15, -0.1) is 11.3 Å². The zero-order chi connectivity index (χ0) is 13.0. The van der Waals surface area contributed by atoms with Crippen LogP contribution in [0.25, 0.3) is 0 Å². The largest absolute Gasteiger partial charge is 0.497 e. The van der Waals surface area contributed by atoms with Crippen molar-refractivity contribution in [1.82, 2.24) is 4.98 Å². The van der Waals surface area contributed by atoms with Crippen LogP contribution >= 0.6 is 11.3 Å². The molecule has 0 radical (unpaired) electrons. The van der Waals surface area contributed by atoms with Gasteiger partial charge in [-0.2, -0.15) is 0 Å². The first-order valence-electron chi connectivity index (χ1n) is 5.39. The molecule has 0 unspecified atom stereocenters. The number of ketones is 1. The number of thiazole rings is 1. The molecule has 18 heavy (non-hydrogen) atoms. The zero-order valence-electron chi connectivity index (χ0n) is 10.2. The molecule has 2 rings (SSSR count). The van der Waals surface area contributed by atoms with Gasteiger partial charge in [0.2, 0.25) is 0 Å². The van der Waals surface area contributed by atoms with Gasteiger partial charge >= 0.3 is 0 Å². The fraction of sp³-hybridized carbons (Fsp3) is 0.231. The van der Waals surface area contributed by atoms with Crippen LogP contribution in [0.15, 0.2) is 29.1 Å². The Balaban J connectivity index is 2.20. The van der Waals surface area contributed by atoms with E-state index in [1.165, 1.54) is 18.3 Å². The lowest BCUT2D eigenvalue weighted by Gasteiger charge is -2.10. The van der Waals surface area contributed by atoms with Crippen molar-refractivity contribution >= 4 is 17.1 Å². The summed E-state index contributed by atoms with van der Waals surface area (Å²) in [4.78, 5) is 15.6. The Hall–Kier alpha value is -1.88. The third-order valence-electron chi connectivity index (χ3n) is 2.43. The molecule has 4 nitrogen and oxygen atoms in total. The molecule has 0 atom stereocenters. The van der Waals surface area contributed by atoms with E-state index in [9.17, 15) is 4.79 Å². The number of hydrogen-bond donors (Lipinski definition) is 0. The van der Waals surface area contributed by atoms with Crippen LogP contribution in [0.3, 0.4) is 0 Å². The Kier molecular flexibility index (Phi) is 3.94. The predicted octanol–water partition coefficient (Wildman–Crippen LogP) is 2.93. The van der Waals surface area contributed by atoms with Gasteiger partial charge in [-0.1, -0.05) is 0 Å². The topological polar surface area (TPSA) is 48.4 Å². The number of carbonyl (C=O) groups excluding carboxylic acids is 1. The fourth-order valence-electron chi connectivity index (χ4n) is 1.50. The second-order valence-electron chi connectivity index (χ2n) is 3.69. The van der Waals surface area contributed by atoms with Crippen molar-refractivity contribution in [2.45, 2.75) is 13.5 Å². The first-order chi connectivity index (χ1) is 8.70. The Bertz CT molecular complexity index is 537. The normalized spacial score (nSPS) is 10.1. The lowest BCUT2D eigenvalue weighted by Crippen LogP contribution is -2.02. The molecule has 0 spiro atoms. The molecule has 0 aliphatic rings. The summed E-state index contributed by atoms with van der Waals surface area (Å²) in [7, 11) is 1.58. The molecular formula is C13H13NO3S. The van der Waals surface area contributed by atoms with Gasteiger partial charge in [0.25, 0.3) is 0 Å². The predicted molar refractivity (Wildman–Crippen MR) is 69.4 cm³/mol. The van der Waals surface area contributed by atoms with E-state index in [0.717, 1.165) is 5.69 Å². The molecule has 1 aromatic carbocycles. The molecule has 0 aliphatic heterocycles. The molecule has 0 aliphatic carbocycles. The van der Waals surface area contributed by atoms with Crippen LogP contribution in [-0.2, 0) is 6.61 Å². The van der Waals surface area contributed by atoms with Gasteiger partial charge in [0.15, 0.2) is 5.78 Å². The van der Waals surface area contributed by atoms with Crippen LogP contribution in [0.5, 0.6) is 11.5 Å². The summed E-state index contributed by atoms with van der Waals surface area (Å²) in [5, 5.41) is 1.91. The van der Waals surface area contributed by atoms with Gasteiger partial charge in [-0.05, 0) is 19.1 Å². The molecule has 2 aromatic rings. The number of carbonyl (C=O) groups is 1. The molecule has 1 heterocycles. The summed E-state index contributed by atoms with van der Waals surface area (Å²) in [5.74, 6) is 1.15. The number of rotatable bonds is 5. The van der Waals surface area contributed by atoms with Crippen LogP contribution < -0.4 is 9.47 Å². The zero-order valence-corrected chi connectivity index (χ0v) is 11.0. The van der Waals surface area contributed by atoms with Crippen molar-refractivity contribution in [3.8, 4) is 11.5 Å². The molecule has 1 aromatic heterocycles. The minimum atomic E-state index is -0.0362. The maximum absolute atomic E-state index is 11.5. The first-order valence-corrected chi connectivity index (χ1v) is 6.34. The van der Waals surface area contributed by atoms with E-state index in [1.807, 2.05) is 5.38 Å². The van der Waals surface area contributed by atoms with Gasteiger partial charge in [-0.3, -0.25) is 4.79 Å². The van der Waals surface area contributed by atoms with E-state index in [-0.39, 0.29) is 5.78 Å². The van der Waals surface area contributed by atoms with Gasteiger partial charge in [-0.25, -0.2) is 4.98 Å². The van der Waals surface area contributed by atoms with Gasteiger partial charge < -0.3 is 9.47 Å². The smallest absolute Gasteiger partial charge is 0.163 e. The Morgan fingerprint density at radius 3 is 2.89 bits per heavy atom. The maximum Gasteiger partial charge on any atom is 0.163 e. The first kappa shape index (κ1) is 12.6. The lowest BCUT2D eigenvalue weighted by atomic mass is 10.1. The van der Waals surface area contributed by atoms with E-state index in [2.05, 4.69) is 4.98 Å². The minimum absolute atomic E-state index is 0.0362. The van der Waals surface area contributed by atoms with Crippen molar-refractivity contribution in [2.75, 3.05) is 7.11 Å². The Morgan fingerprint density at radius 2 is 2.28 bits per heavy atom. The summed E-state index contributed by atoms with van der Waals surface area (Å²) in [5.41, 5.74) is 3.14. The molecule has 0 fully saturated rings. The van der Waals surface area contributed by atoms with E-state index < -0.39 is 0 Å². The molecule has 0 saturated heterocycles. The highest BCUT2D eigenvalue weighted by Gasteiger charge is 2.10. The van der Waals surface area contributed by atoms with Crippen LogP contribution in [0.4, 0.5) is 0 Å². The molecule has 94 valence electrons. The average molecular weight is 263 g/mol. The van der Waals surface area contributed by atoms with Crippen molar-refractivity contribution in [1.29, 1.82) is 0 Å². The number of benzene rings is 1. The van der Waals surface area contributed by atoms with E-state index in [4.69, 9.17) is 9.47 Å². The monoisotopic (exact) mass is 263 g/mol. The molecular weight excluding hydrogens is 250 g/mol. The second-order valence-corrected chi connectivity index (χ2v) is 4.41. The molecule has 0 saturated carbocycles. The fourth-order valence-corrected chi connectivity index (χ4v) is 2.04. The number of Topliss-reactive ketones (excluding diaryl/α,β-unsaturated/α-hetero) is 1. The summed E-state index contributed by atoms with van der Waals surface area (Å²) in [6.45, 7) is 1.86. The number of methoxy groups -OCH3 is 1. The van der Waals surface area contributed by atoms with Crippen LogP contribution in [-0.4, -0.2) is 17.9 Å². The summed E-state index contributed by atoms with van der Waals surface area (Å²) in [6, 6.07) is 5.16. The van der Waals surface area contributed by atoms with E-state index in [0.29, 0.717) is 23.7 Å². The number of ether oxygens (including phenoxy) is 2. The van der Waals surface area contributed by atoms with Crippen LogP contribution in [0, 0.1) is 0 Å². The van der Waals surface area contributed by atoms with Crippen LogP contribution in [0.1, 0.15) is 23.0 Å². The van der Waals surface area contributed by atoms with E-state index >= 15 is 0 Å². The molecule has 0 bridgehead atoms. The Morgan fingerprint density at radius 1 is 1.44 bits per heavy atom. The summed E-state index contributed by atoms with van der Waals surface area (Å²) in [6.07, 6.45) is 0. The maximum atomic E-state index is 11.5. The number of hydrogen-bond acceptors (Lipinski definition) is 5. The highest BCUT2D eigenvalue weighted by Crippen LogP contribution is 2.26. The Labute approximate surface area is 109 Å². The van der Waals surface area contributed by atoms with E-state index in [1.54, 1.807) is 30.8 Å². The van der Waals surface area contributed by atoms with Crippen molar-refractivity contribution in [3.05, 3.63) is 40.3 Å². The van der Waals surface area contributed by atoms with Crippen molar-refractivity contribution in [2.24, 2.45) is 0 Å². The minimum Gasteiger partial charge on any atom is -0.497 e. The van der Waals surface area contributed by atoms with Gasteiger partial charge in [0.05, 0.1) is 23.9 Å². The summed E-state index contributed by atoms with van der Waals surface area (Å²) >= 11 is 1.51. The van der Waals surface area contributed by atoms with Crippen LogP contribution in [0.2, 0.25) is 0 Å². The third kappa shape index (κ3) is 2.87. The highest BCUT2D eigenvalue weighted by atomic mass is 32.1.